The van der Waals surface area contributed by atoms with Crippen molar-refractivity contribution in [1.29, 1.82) is 0 Å². The number of aromatic nitrogens is 3. The van der Waals surface area contributed by atoms with Gasteiger partial charge >= 0.3 is 0 Å². The molecule has 0 unspecified atom stereocenters. The van der Waals surface area contributed by atoms with Crippen LogP contribution in [0.5, 0.6) is 5.75 Å². The lowest BCUT2D eigenvalue weighted by Crippen LogP contribution is -2.08. The van der Waals surface area contributed by atoms with Gasteiger partial charge < -0.3 is 9.52 Å². The molecule has 8 aromatic carbocycles. The molecule has 0 bridgehead atoms. The van der Waals surface area contributed by atoms with Crippen LogP contribution in [0.15, 0.2) is 168 Å². The van der Waals surface area contributed by atoms with E-state index < -0.39 is 0 Å². The van der Waals surface area contributed by atoms with Crippen LogP contribution in [0.2, 0.25) is 0 Å². The molecular weight excluding hydrogens is 807 g/mol. The molecular formula is C61H47N3O2. The number of hydrogen-bond donors (Lipinski definition) is 1. The average Bonchev–Trinajstić information content (AvgIpc) is 3.89. The predicted octanol–water partition coefficient (Wildman–Crippen LogP) is 15.7. The number of benzene rings is 8. The molecule has 12 rings (SSSR count). The molecule has 11 aromatic rings. The third kappa shape index (κ3) is 6.22. The molecule has 1 aliphatic carbocycles. The highest BCUT2D eigenvalue weighted by atomic mass is 16.3. The van der Waals surface area contributed by atoms with E-state index >= 15 is 0 Å². The summed E-state index contributed by atoms with van der Waals surface area (Å²) in [5.41, 5.74) is 24.0. The molecule has 0 amide bonds. The monoisotopic (exact) mass is 853 g/mol. The molecule has 3 aromatic heterocycles. The van der Waals surface area contributed by atoms with Gasteiger partial charge in [-0.25, -0.2) is 9.97 Å². The van der Waals surface area contributed by atoms with Gasteiger partial charge in [-0.2, -0.15) is 0 Å². The van der Waals surface area contributed by atoms with Gasteiger partial charge in [-0.3, -0.25) is 4.57 Å². The summed E-state index contributed by atoms with van der Waals surface area (Å²) < 4.78 is 8.95. The highest BCUT2D eigenvalue weighted by Crippen LogP contribution is 2.49. The second-order valence-corrected chi connectivity index (χ2v) is 18.1. The Morgan fingerprint density at radius 1 is 0.485 bits per heavy atom. The maximum Gasteiger partial charge on any atom is 0.164 e. The van der Waals surface area contributed by atoms with E-state index in [-0.39, 0.29) is 5.75 Å². The molecule has 3 heterocycles. The van der Waals surface area contributed by atoms with Crippen molar-refractivity contribution in [1.82, 2.24) is 14.5 Å². The molecule has 0 radical (unpaired) electrons. The van der Waals surface area contributed by atoms with Gasteiger partial charge in [0.1, 0.15) is 22.6 Å². The van der Waals surface area contributed by atoms with Crippen LogP contribution in [0, 0.1) is 34.6 Å². The summed E-state index contributed by atoms with van der Waals surface area (Å²) >= 11 is 0. The molecule has 0 fully saturated rings. The zero-order chi connectivity index (χ0) is 44.8. The molecule has 0 aliphatic heterocycles. The number of phenols is 1. The van der Waals surface area contributed by atoms with E-state index in [1.165, 1.54) is 27.8 Å². The van der Waals surface area contributed by atoms with Gasteiger partial charge in [0.15, 0.2) is 5.82 Å². The molecule has 1 aliphatic rings. The molecule has 0 spiro atoms. The van der Waals surface area contributed by atoms with Crippen LogP contribution in [0.25, 0.3) is 106 Å². The Kier molecular flexibility index (Phi) is 9.18. The smallest absolute Gasteiger partial charge is 0.164 e. The van der Waals surface area contributed by atoms with Gasteiger partial charge in [0.25, 0.3) is 0 Å². The predicted molar refractivity (Wildman–Crippen MR) is 272 cm³/mol. The van der Waals surface area contributed by atoms with E-state index in [9.17, 15) is 5.11 Å². The fraction of sp³-hybridized carbons (Fsp3) is 0.115. The number of nitrogens with zero attached hydrogens (tertiary/aromatic N) is 3. The summed E-state index contributed by atoms with van der Waals surface area (Å²) in [6.45, 7) is 11.0. The molecule has 5 nitrogen and oxygen atoms in total. The summed E-state index contributed by atoms with van der Waals surface area (Å²) in [5, 5.41) is 13.5. The van der Waals surface area contributed by atoms with E-state index in [2.05, 4.69) is 179 Å². The zero-order valence-electron chi connectivity index (χ0n) is 37.7. The van der Waals surface area contributed by atoms with Crippen molar-refractivity contribution in [3.8, 4) is 78.7 Å². The minimum atomic E-state index is 0.251. The minimum absolute atomic E-state index is 0.251. The number of imidazole rings is 1. The Morgan fingerprint density at radius 3 is 2.00 bits per heavy atom. The number of hydrogen-bond acceptors (Lipinski definition) is 4. The molecule has 66 heavy (non-hydrogen) atoms. The first kappa shape index (κ1) is 39.6. The Bertz CT molecular complexity index is 3730. The van der Waals surface area contributed by atoms with Gasteiger partial charge in [-0.15, -0.1) is 0 Å². The first-order valence-electron chi connectivity index (χ1n) is 22.8. The molecule has 5 heteroatoms. The third-order valence-electron chi connectivity index (χ3n) is 13.8. The Hall–Kier alpha value is -8.02. The molecule has 0 saturated carbocycles. The van der Waals surface area contributed by atoms with E-state index in [4.69, 9.17) is 14.4 Å². The van der Waals surface area contributed by atoms with Crippen LogP contribution in [0.4, 0.5) is 0 Å². The largest absolute Gasteiger partial charge is 0.507 e. The molecule has 318 valence electrons. The van der Waals surface area contributed by atoms with Crippen LogP contribution in [0.3, 0.4) is 0 Å². The van der Waals surface area contributed by atoms with E-state index in [1.54, 1.807) is 6.07 Å². The van der Waals surface area contributed by atoms with Crippen LogP contribution >= 0.6 is 0 Å². The minimum Gasteiger partial charge on any atom is -0.507 e. The van der Waals surface area contributed by atoms with Crippen molar-refractivity contribution < 1.29 is 9.52 Å². The maximum atomic E-state index is 11.3. The average molecular weight is 854 g/mol. The number of rotatable bonds is 6. The first-order valence-corrected chi connectivity index (χ1v) is 22.8. The zero-order valence-corrected chi connectivity index (χ0v) is 37.7. The van der Waals surface area contributed by atoms with Gasteiger partial charge in [0.2, 0.25) is 0 Å². The highest BCUT2D eigenvalue weighted by molar-refractivity contribution is 6.11. The highest BCUT2D eigenvalue weighted by Gasteiger charge is 2.28. The normalized spacial score (nSPS) is 12.3. The van der Waals surface area contributed by atoms with E-state index in [0.29, 0.717) is 0 Å². The van der Waals surface area contributed by atoms with Crippen LogP contribution in [-0.2, 0) is 12.8 Å². The number of aromatic hydroxyl groups is 1. The fourth-order valence-electron chi connectivity index (χ4n) is 11.0. The fourth-order valence-corrected chi connectivity index (χ4v) is 11.0. The van der Waals surface area contributed by atoms with Gasteiger partial charge in [-0.1, -0.05) is 133 Å². The Balaban J connectivity index is 1.23. The summed E-state index contributed by atoms with van der Waals surface area (Å²) in [7, 11) is 0. The first-order chi connectivity index (χ1) is 32.2. The van der Waals surface area contributed by atoms with Crippen molar-refractivity contribution >= 4 is 33.0 Å². The second kappa shape index (κ2) is 15.3. The molecule has 1 N–H and O–H groups in total. The second-order valence-electron chi connectivity index (χ2n) is 18.1. The molecule has 0 atom stereocenters. The summed E-state index contributed by atoms with van der Waals surface area (Å²) in [6, 6.07) is 58.1. The number of fused-ring (bicyclic) bond motifs is 7. The standard InChI is InChI=1S/C61H47N3O2/c1-35-32-38(4)54(39(5)33-35)47-21-13-20-44(40-16-7-6-8-17-40)57(47)48-29-31-50-59(55(48)43-26-28-46-45-19-9-10-23-52(45)66-53(46)34-43)63-61(64(50)60-36(2)14-11-15-37(60)3)49-30-27-42-25-24-41-18-12-22-51(65)56(41)58(42)62-49/h6-23,26-34,65H,24-25H2,1-5H3. The van der Waals surface area contributed by atoms with E-state index in [1.807, 2.05) is 18.2 Å². The number of aryl methyl sites for hydroxylation is 7. The SMILES string of the molecule is Cc1cc(C)c(-c2cccc(-c3ccccc3)c2-c2ccc3c(nc(-c4ccc5c(n4)-c4c(O)cccc4CC5)n3-c3c(C)cccc3C)c2-c2ccc3c(c2)oc2ccccc23)c(C)c1. The quantitative estimate of drug-likeness (QED) is 0.181. The van der Waals surface area contributed by atoms with Gasteiger partial charge in [0.05, 0.1) is 22.4 Å². The number of phenolic OH excluding ortho intramolecular Hbond substituents is 1. The Morgan fingerprint density at radius 2 is 1.18 bits per heavy atom. The topological polar surface area (TPSA) is 64.1 Å². The lowest BCUT2D eigenvalue weighted by atomic mass is 9.81. The summed E-state index contributed by atoms with van der Waals surface area (Å²) in [5.74, 6) is 0.985. The Labute approximate surface area is 384 Å². The number of pyridine rings is 1. The van der Waals surface area contributed by atoms with Gasteiger partial charge in [-0.05, 0) is 156 Å². The number of furan rings is 1. The van der Waals surface area contributed by atoms with Crippen molar-refractivity contribution in [2.75, 3.05) is 0 Å². The van der Waals surface area contributed by atoms with Crippen molar-refractivity contribution in [2.45, 2.75) is 47.5 Å². The van der Waals surface area contributed by atoms with Crippen molar-refractivity contribution in [3.63, 3.8) is 0 Å². The summed E-state index contributed by atoms with van der Waals surface area (Å²) in [4.78, 5) is 11.3. The van der Waals surface area contributed by atoms with Crippen molar-refractivity contribution in [3.05, 3.63) is 203 Å². The van der Waals surface area contributed by atoms with Crippen LogP contribution in [0.1, 0.15) is 38.9 Å². The lowest BCUT2D eigenvalue weighted by molar-refractivity contribution is 0.476. The number of para-hydroxylation sites is 2. The lowest BCUT2D eigenvalue weighted by Gasteiger charge is -2.22. The molecule has 0 saturated heterocycles. The maximum absolute atomic E-state index is 11.3. The van der Waals surface area contributed by atoms with E-state index in [0.717, 1.165) is 130 Å². The van der Waals surface area contributed by atoms with Gasteiger partial charge in [0, 0.05) is 21.9 Å². The summed E-state index contributed by atoms with van der Waals surface area (Å²) in [6.07, 6.45) is 1.71. The third-order valence-corrected chi connectivity index (χ3v) is 13.8. The van der Waals surface area contributed by atoms with Crippen LogP contribution < -0.4 is 0 Å². The van der Waals surface area contributed by atoms with Crippen molar-refractivity contribution in [2.24, 2.45) is 0 Å². The van der Waals surface area contributed by atoms with Crippen LogP contribution in [-0.4, -0.2) is 19.6 Å².